The van der Waals surface area contributed by atoms with Crippen LogP contribution in [0.2, 0.25) is 0 Å². The van der Waals surface area contributed by atoms with Crippen LogP contribution in [0.5, 0.6) is 0 Å². The van der Waals surface area contributed by atoms with Gasteiger partial charge in [-0.25, -0.2) is 0 Å². The molecule has 0 heterocycles. The summed E-state index contributed by atoms with van der Waals surface area (Å²) in [6.07, 6.45) is 0.432. The minimum atomic E-state index is -0.762. The monoisotopic (exact) mass is 349 g/mol. The van der Waals surface area contributed by atoms with Crippen molar-refractivity contribution in [1.29, 1.82) is 0 Å². The Morgan fingerprint density at radius 2 is 1.77 bits per heavy atom. The molecule has 134 valence electrons. The molecule has 0 bridgehead atoms. The molecule has 1 unspecified atom stereocenters. The summed E-state index contributed by atoms with van der Waals surface area (Å²) in [5, 5.41) is 13.1. The minimum Gasteiger partial charge on any atom is -0.387 e. The van der Waals surface area contributed by atoms with Gasteiger partial charge in [-0.3, -0.25) is 9.59 Å². The van der Waals surface area contributed by atoms with E-state index in [0.29, 0.717) is 18.4 Å². The van der Waals surface area contributed by atoms with Gasteiger partial charge in [0.25, 0.3) is 0 Å². The lowest BCUT2D eigenvalue weighted by Crippen LogP contribution is -2.29. The molecule has 2 N–H and O–H groups in total. The lowest BCUT2D eigenvalue weighted by atomic mass is 9.99. The third-order valence-electron chi connectivity index (χ3n) is 4.80. The number of hydrogen-bond donors (Lipinski definition) is 2. The molecule has 0 saturated heterocycles. The van der Waals surface area contributed by atoms with Crippen LogP contribution in [0.3, 0.4) is 0 Å². The van der Waals surface area contributed by atoms with E-state index in [4.69, 9.17) is 0 Å². The number of Topliss-reactive ketones (excluding diaryl/α,β-unsaturated/α-hetero) is 1. The number of allylic oxidation sites excluding steroid dienone is 1. The molecule has 1 aliphatic carbocycles. The maximum absolute atomic E-state index is 12.3. The summed E-state index contributed by atoms with van der Waals surface area (Å²) >= 11 is 0. The van der Waals surface area contributed by atoms with Crippen LogP contribution in [0.25, 0.3) is 5.57 Å². The molecular formula is C22H23NO3. The van der Waals surface area contributed by atoms with Crippen LogP contribution in [0.4, 0.5) is 0 Å². The molecule has 4 nitrogen and oxygen atoms in total. The van der Waals surface area contributed by atoms with Gasteiger partial charge in [0.05, 0.1) is 12.5 Å². The van der Waals surface area contributed by atoms with Gasteiger partial charge >= 0.3 is 0 Å². The summed E-state index contributed by atoms with van der Waals surface area (Å²) in [6, 6.07) is 17.3. The molecule has 2 aromatic rings. The first-order valence-corrected chi connectivity index (χ1v) is 8.87. The van der Waals surface area contributed by atoms with Crippen molar-refractivity contribution in [1.82, 2.24) is 5.32 Å². The van der Waals surface area contributed by atoms with Gasteiger partial charge in [-0.15, -0.1) is 0 Å². The molecule has 0 aliphatic heterocycles. The minimum absolute atomic E-state index is 0.0402. The van der Waals surface area contributed by atoms with E-state index in [9.17, 15) is 14.7 Å². The first-order valence-electron chi connectivity index (χ1n) is 8.87. The van der Waals surface area contributed by atoms with Crippen molar-refractivity contribution in [2.45, 2.75) is 32.3 Å². The van der Waals surface area contributed by atoms with E-state index in [1.807, 2.05) is 61.5 Å². The molecule has 0 spiro atoms. The zero-order valence-corrected chi connectivity index (χ0v) is 14.9. The van der Waals surface area contributed by atoms with E-state index in [1.54, 1.807) is 0 Å². The average molecular weight is 349 g/mol. The van der Waals surface area contributed by atoms with Gasteiger partial charge < -0.3 is 10.4 Å². The Morgan fingerprint density at radius 3 is 2.50 bits per heavy atom. The summed E-state index contributed by atoms with van der Waals surface area (Å²) in [5.41, 5.74) is 4.34. The Labute approximate surface area is 153 Å². The number of ketones is 1. The van der Waals surface area contributed by atoms with Gasteiger partial charge in [0.1, 0.15) is 0 Å². The molecule has 0 saturated carbocycles. The second-order valence-electron chi connectivity index (χ2n) is 6.60. The highest BCUT2D eigenvalue weighted by Gasteiger charge is 2.25. The van der Waals surface area contributed by atoms with Crippen molar-refractivity contribution in [3.8, 4) is 0 Å². The van der Waals surface area contributed by atoms with Gasteiger partial charge in [0.2, 0.25) is 5.91 Å². The Kier molecular flexibility index (Phi) is 5.64. The summed E-state index contributed by atoms with van der Waals surface area (Å²) in [5.74, 6) is -0.199. The summed E-state index contributed by atoms with van der Waals surface area (Å²) < 4.78 is 0. The van der Waals surface area contributed by atoms with Gasteiger partial charge in [0.15, 0.2) is 5.78 Å². The molecular weight excluding hydrogens is 326 g/mol. The highest BCUT2D eigenvalue weighted by molar-refractivity contribution is 6.10. The highest BCUT2D eigenvalue weighted by atomic mass is 16.3. The Bertz CT molecular complexity index is 839. The van der Waals surface area contributed by atoms with Crippen LogP contribution in [-0.2, 0) is 9.59 Å². The molecule has 0 fully saturated rings. The van der Waals surface area contributed by atoms with Crippen molar-refractivity contribution >= 4 is 17.3 Å². The third-order valence-corrected chi connectivity index (χ3v) is 4.80. The fraction of sp³-hybridized carbons (Fsp3) is 0.273. The molecule has 26 heavy (non-hydrogen) atoms. The van der Waals surface area contributed by atoms with E-state index in [1.165, 1.54) is 0 Å². The molecule has 0 radical (unpaired) electrons. The van der Waals surface area contributed by atoms with Gasteiger partial charge in [0, 0.05) is 18.5 Å². The van der Waals surface area contributed by atoms with Crippen molar-refractivity contribution < 1.29 is 14.7 Å². The fourth-order valence-corrected chi connectivity index (χ4v) is 3.38. The molecule has 0 aromatic heterocycles. The molecule has 2 aromatic carbocycles. The van der Waals surface area contributed by atoms with Crippen LogP contribution in [-0.4, -0.2) is 23.3 Å². The average Bonchev–Trinajstić information content (AvgIpc) is 3.01. The van der Waals surface area contributed by atoms with Crippen LogP contribution in [0, 0.1) is 6.92 Å². The number of nitrogens with one attached hydrogen (secondary N) is 1. The largest absolute Gasteiger partial charge is 0.387 e. The number of amides is 1. The van der Waals surface area contributed by atoms with Crippen molar-refractivity contribution in [3.05, 3.63) is 76.9 Å². The predicted molar refractivity (Wildman–Crippen MR) is 101 cm³/mol. The van der Waals surface area contributed by atoms with Gasteiger partial charge in [-0.1, -0.05) is 54.6 Å². The first kappa shape index (κ1) is 18.1. The van der Waals surface area contributed by atoms with Crippen LogP contribution in [0.15, 0.2) is 60.2 Å². The Balaban J connectivity index is 1.65. The first-order chi connectivity index (χ1) is 12.6. The van der Waals surface area contributed by atoms with Crippen LogP contribution < -0.4 is 5.32 Å². The van der Waals surface area contributed by atoms with E-state index < -0.39 is 6.10 Å². The zero-order valence-electron chi connectivity index (χ0n) is 14.9. The lowest BCUT2D eigenvalue weighted by Gasteiger charge is -2.15. The quantitative estimate of drug-likeness (QED) is 0.840. The number of aryl methyl sites for hydroxylation is 1. The van der Waals surface area contributed by atoms with E-state index in [0.717, 1.165) is 22.3 Å². The van der Waals surface area contributed by atoms with Crippen molar-refractivity contribution in [2.75, 3.05) is 6.54 Å². The second kappa shape index (κ2) is 8.11. The Hall–Kier alpha value is -2.72. The van der Waals surface area contributed by atoms with Gasteiger partial charge in [-0.2, -0.15) is 0 Å². The predicted octanol–water partition coefficient (Wildman–Crippen LogP) is 3.35. The maximum atomic E-state index is 12.3. The topological polar surface area (TPSA) is 66.4 Å². The number of rotatable bonds is 6. The number of carbonyl (C=O) groups is 2. The number of hydrogen-bond acceptors (Lipinski definition) is 3. The van der Waals surface area contributed by atoms with Crippen molar-refractivity contribution in [3.63, 3.8) is 0 Å². The lowest BCUT2D eigenvalue weighted by molar-refractivity contribution is -0.122. The van der Waals surface area contributed by atoms with Crippen LogP contribution >= 0.6 is 0 Å². The summed E-state index contributed by atoms with van der Waals surface area (Å²) in [7, 11) is 0. The number of benzene rings is 2. The third kappa shape index (κ3) is 4.09. The van der Waals surface area contributed by atoms with Crippen LogP contribution in [0.1, 0.15) is 42.1 Å². The van der Waals surface area contributed by atoms with Gasteiger partial charge in [-0.05, 0) is 35.6 Å². The standard InChI is InChI=1S/C22H23NO3/c1-15-7-5-6-10-17(15)21(25)14-23-22(26)13-19-18(11-12-20(19)24)16-8-3-2-4-9-16/h2-10,21,25H,11-14H2,1H3,(H,23,26). The van der Waals surface area contributed by atoms with Crippen molar-refractivity contribution in [2.24, 2.45) is 0 Å². The van der Waals surface area contributed by atoms with E-state index >= 15 is 0 Å². The maximum Gasteiger partial charge on any atom is 0.224 e. The Morgan fingerprint density at radius 1 is 1.08 bits per heavy atom. The number of aliphatic hydroxyl groups is 1. The second-order valence-corrected chi connectivity index (χ2v) is 6.60. The fourth-order valence-electron chi connectivity index (χ4n) is 3.38. The molecule has 1 amide bonds. The number of carbonyl (C=O) groups excluding carboxylic acids is 2. The zero-order chi connectivity index (χ0) is 18.5. The SMILES string of the molecule is Cc1ccccc1C(O)CNC(=O)CC1=C(c2ccccc2)CCC1=O. The molecule has 3 rings (SSSR count). The molecule has 4 heteroatoms. The normalized spacial score (nSPS) is 15.2. The van der Waals surface area contributed by atoms with E-state index in [2.05, 4.69) is 5.32 Å². The summed E-state index contributed by atoms with van der Waals surface area (Å²) in [4.78, 5) is 24.5. The molecule has 1 atom stereocenters. The summed E-state index contributed by atoms with van der Waals surface area (Å²) in [6.45, 7) is 2.06. The highest BCUT2D eigenvalue weighted by Crippen LogP contribution is 2.33. The molecule has 1 aliphatic rings. The smallest absolute Gasteiger partial charge is 0.224 e. The number of aliphatic hydroxyl groups excluding tert-OH is 1. The van der Waals surface area contributed by atoms with E-state index in [-0.39, 0.29) is 24.7 Å².